The Morgan fingerprint density at radius 2 is 2.14 bits per heavy atom. The van der Waals surface area contributed by atoms with Crippen LogP contribution in [0.4, 0.5) is 10.1 Å². The number of halogens is 1. The number of hydrogen-bond donors (Lipinski definition) is 1. The van der Waals surface area contributed by atoms with Crippen LogP contribution >= 0.6 is 0 Å². The first-order chi connectivity index (χ1) is 6.75. The second-order valence-corrected chi connectivity index (χ2v) is 3.57. The molecule has 1 heterocycles. The van der Waals surface area contributed by atoms with Crippen molar-refractivity contribution in [1.29, 1.82) is 0 Å². The molecule has 1 fully saturated rings. The van der Waals surface area contributed by atoms with E-state index in [1.165, 1.54) is 18.9 Å². The Morgan fingerprint density at radius 3 is 2.79 bits per heavy atom. The number of aromatic nitrogens is 1. The summed E-state index contributed by atoms with van der Waals surface area (Å²) in [4.78, 5) is 3.82. The zero-order valence-electron chi connectivity index (χ0n) is 7.87. The van der Waals surface area contributed by atoms with Crippen LogP contribution in [0.2, 0.25) is 0 Å². The summed E-state index contributed by atoms with van der Waals surface area (Å²) in [6.45, 7) is 0. The van der Waals surface area contributed by atoms with Crippen molar-refractivity contribution >= 4 is 5.69 Å². The molecule has 0 unspecified atom stereocenters. The summed E-state index contributed by atoms with van der Waals surface area (Å²) in [5, 5.41) is 0. The van der Waals surface area contributed by atoms with Gasteiger partial charge in [0.2, 0.25) is 5.88 Å². The van der Waals surface area contributed by atoms with Crippen molar-refractivity contribution in [2.75, 3.05) is 5.73 Å². The van der Waals surface area contributed by atoms with Gasteiger partial charge in [-0.3, -0.25) is 0 Å². The fourth-order valence-corrected chi connectivity index (χ4v) is 1.70. The topological polar surface area (TPSA) is 48.1 Å². The van der Waals surface area contributed by atoms with E-state index in [-0.39, 0.29) is 11.8 Å². The summed E-state index contributed by atoms with van der Waals surface area (Å²) >= 11 is 0. The standard InChI is InChI=1S/C10H13FN2O/c11-7-5-9(12)10(13-6-7)14-8-3-1-2-4-8/h5-6,8H,1-4,12H2. The van der Waals surface area contributed by atoms with E-state index >= 15 is 0 Å². The molecule has 1 aromatic rings. The normalized spacial score (nSPS) is 17.2. The number of hydrogen-bond acceptors (Lipinski definition) is 3. The van der Waals surface area contributed by atoms with Crippen LogP contribution in [0.1, 0.15) is 25.7 Å². The molecule has 0 spiro atoms. The van der Waals surface area contributed by atoms with Gasteiger partial charge in [-0.1, -0.05) is 0 Å². The van der Waals surface area contributed by atoms with Crippen LogP contribution in [0.15, 0.2) is 12.3 Å². The lowest BCUT2D eigenvalue weighted by atomic mass is 10.3. The van der Waals surface area contributed by atoms with E-state index in [0.717, 1.165) is 19.0 Å². The van der Waals surface area contributed by atoms with Gasteiger partial charge in [-0.2, -0.15) is 0 Å². The summed E-state index contributed by atoms with van der Waals surface area (Å²) in [5.41, 5.74) is 5.85. The van der Waals surface area contributed by atoms with Gasteiger partial charge in [0.25, 0.3) is 0 Å². The predicted molar refractivity (Wildman–Crippen MR) is 51.5 cm³/mol. The maximum Gasteiger partial charge on any atom is 0.237 e. The fraction of sp³-hybridized carbons (Fsp3) is 0.500. The highest BCUT2D eigenvalue weighted by molar-refractivity contribution is 5.47. The van der Waals surface area contributed by atoms with Crippen LogP contribution in [0.25, 0.3) is 0 Å². The van der Waals surface area contributed by atoms with Crippen LogP contribution < -0.4 is 10.5 Å². The fourth-order valence-electron chi connectivity index (χ4n) is 1.70. The molecule has 2 rings (SSSR count). The van der Waals surface area contributed by atoms with E-state index in [2.05, 4.69) is 4.98 Å². The maximum absolute atomic E-state index is 12.7. The van der Waals surface area contributed by atoms with E-state index < -0.39 is 5.82 Å². The van der Waals surface area contributed by atoms with E-state index in [4.69, 9.17) is 10.5 Å². The first-order valence-corrected chi connectivity index (χ1v) is 4.83. The van der Waals surface area contributed by atoms with Crippen LogP contribution in [0.5, 0.6) is 5.88 Å². The average molecular weight is 196 g/mol. The van der Waals surface area contributed by atoms with Crippen molar-refractivity contribution in [3.63, 3.8) is 0 Å². The molecule has 1 aromatic heterocycles. The second-order valence-electron chi connectivity index (χ2n) is 3.57. The van der Waals surface area contributed by atoms with Crippen LogP contribution in [-0.4, -0.2) is 11.1 Å². The van der Waals surface area contributed by atoms with Crippen molar-refractivity contribution in [2.45, 2.75) is 31.8 Å². The van der Waals surface area contributed by atoms with Crippen molar-refractivity contribution in [3.8, 4) is 5.88 Å². The average Bonchev–Trinajstić information content (AvgIpc) is 2.62. The molecule has 0 atom stereocenters. The third-order valence-electron chi connectivity index (χ3n) is 2.43. The molecule has 4 heteroatoms. The van der Waals surface area contributed by atoms with Gasteiger partial charge in [0.1, 0.15) is 11.9 Å². The van der Waals surface area contributed by atoms with E-state index in [0.29, 0.717) is 5.88 Å². The van der Waals surface area contributed by atoms with Gasteiger partial charge in [-0.05, 0) is 25.7 Å². The number of ether oxygens (including phenoxy) is 1. The highest BCUT2D eigenvalue weighted by Gasteiger charge is 2.18. The molecule has 14 heavy (non-hydrogen) atoms. The molecule has 0 saturated heterocycles. The minimum Gasteiger partial charge on any atom is -0.473 e. The third kappa shape index (κ3) is 1.95. The first kappa shape index (κ1) is 9.24. The third-order valence-corrected chi connectivity index (χ3v) is 2.43. The molecule has 1 aliphatic rings. The number of pyridine rings is 1. The number of nitrogen functional groups attached to an aromatic ring is 1. The largest absolute Gasteiger partial charge is 0.473 e. The minimum atomic E-state index is -0.429. The Bertz CT molecular complexity index is 324. The summed E-state index contributed by atoms with van der Waals surface area (Å²) in [6, 6.07) is 1.23. The number of rotatable bonds is 2. The molecule has 2 N–H and O–H groups in total. The van der Waals surface area contributed by atoms with Crippen molar-refractivity contribution in [2.24, 2.45) is 0 Å². The zero-order valence-corrected chi connectivity index (χ0v) is 7.87. The lowest BCUT2D eigenvalue weighted by molar-refractivity contribution is 0.202. The molecule has 0 amide bonds. The number of nitrogens with zero attached hydrogens (tertiary/aromatic N) is 1. The van der Waals surface area contributed by atoms with Crippen LogP contribution in [0, 0.1) is 5.82 Å². The minimum absolute atomic E-state index is 0.204. The highest BCUT2D eigenvalue weighted by atomic mass is 19.1. The summed E-state index contributed by atoms with van der Waals surface area (Å²) in [7, 11) is 0. The molecular formula is C10H13FN2O. The lowest BCUT2D eigenvalue weighted by Crippen LogP contribution is -2.13. The van der Waals surface area contributed by atoms with Gasteiger partial charge >= 0.3 is 0 Å². The van der Waals surface area contributed by atoms with Gasteiger partial charge in [0, 0.05) is 6.07 Å². The SMILES string of the molecule is Nc1cc(F)cnc1OC1CCCC1. The Balaban J connectivity index is 2.08. The number of nitrogens with two attached hydrogens (primary N) is 1. The van der Waals surface area contributed by atoms with Gasteiger partial charge in [0.05, 0.1) is 11.9 Å². The molecule has 0 bridgehead atoms. The van der Waals surface area contributed by atoms with Gasteiger partial charge in [-0.25, -0.2) is 9.37 Å². The molecule has 1 saturated carbocycles. The smallest absolute Gasteiger partial charge is 0.237 e. The molecule has 1 aliphatic carbocycles. The summed E-state index contributed by atoms with van der Waals surface area (Å²) in [6.07, 6.45) is 5.78. The Kier molecular flexibility index (Phi) is 2.52. The molecule has 0 aromatic carbocycles. The monoisotopic (exact) mass is 196 g/mol. The molecular weight excluding hydrogens is 183 g/mol. The Hall–Kier alpha value is -1.32. The van der Waals surface area contributed by atoms with Crippen LogP contribution in [0.3, 0.4) is 0 Å². The molecule has 76 valence electrons. The second kappa shape index (κ2) is 3.82. The molecule has 0 aliphatic heterocycles. The number of anilines is 1. The highest BCUT2D eigenvalue weighted by Crippen LogP contribution is 2.26. The van der Waals surface area contributed by atoms with Crippen molar-refractivity contribution in [3.05, 3.63) is 18.1 Å². The maximum atomic E-state index is 12.7. The first-order valence-electron chi connectivity index (χ1n) is 4.83. The van der Waals surface area contributed by atoms with Crippen LogP contribution in [-0.2, 0) is 0 Å². The Morgan fingerprint density at radius 1 is 1.43 bits per heavy atom. The van der Waals surface area contributed by atoms with E-state index in [9.17, 15) is 4.39 Å². The molecule has 0 radical (unpaired) electrons. The van der Waals surface area contributed by atoms with Gasteiger partial charge in [-0.15, -0.1) is 0 Å². The Labute approximate surface area is 82.1 Å². The molecule has 3 nitrogen and oxygen atoms in total. The zero-order chi connectivity index (χ0) is 9.97. The van der Waals surface area contributed by atoms with Gasteiger partial charge in [0.15, 0.2) is 0 Å². The predicted octanol–water partition coefficient (Wildman–Crippen LogP) is 2.12. The van der Waals surface area contributed by atoms with Crippen molar-refractivity contribution < 1.29 is 9.13 Å². The summed E-state index contributed by atoms with van der Waals surface area (Å²) in [5.74, 6) is -0.0698. The van der Waals surface area contributed by atoms with Crippen molar-refractivity contribution in [1.82, 2.24) is 4.98 Å². The quantitative estimate of drug-likeness (QED) is 0.788. The van der Waals surface area contributed by atoms with E-state index in [1.54, 1.807) is 0 Å². The lowest BCUT2D eigenvalue weighted by Gasteiger charge is -2.13. The summed E-state index contributed by atoms with van der Waals surface area (Å²) < 4.78 is 18.2. The van der Waals surface area contributed by atoms with Gasteiger partial charge < -0.3 is 10.5 Å². The van der Waals surface area contributed by atoms with E-state index in [1.807, 2.05) is 0 Å².